The summed E-state index contributed by atoms with van der Waals surface area (Å²) < 4.78 is 41.9. The number of aliphatic hydroxyl groups excluding tert-OH is 2. The van der Waals surface area contributed by atoms with Gasteiger partial charge in [0.15, 0.2) is 0 Å². The van der Waals surface area contributed by atoms with Crippen molar-refractivity contribution in [2.24, 2.45) is 22.9 Å². The summed E-state index contributed by atoms with van der Waals surface area (Å²) in [6.07, 6.45) is 19.8. The summed E-state index contributed by atoms with van der Waals surface area (Å²) in [4.78, 5) is 22.3. The zero-order chi connectivity index (χ0) is 49.8. The third-order valence-corrected chi connectivity index (χ3v) is 14.6. The average molecular weight is 973 g/mol. The van der Waals surface area contributed by atoms with Crippen LogP contribution in [0.5, 0.6) is 17.2 Å². The summed E-state index contributed by atoms with van der Waals surface area (Å²) in [6, 6.07) is 29.7. The summed E-state index contributed by atoms with van der Waals surface area (Å²) in [5, 5.41) is 24.8. The van der Waals surface area contributed by atoms with Gasteiger partial charge in [0.1, 0.15) is 36.2 Å². The molecule has 1 aliphatic heterocycles. The van der Waals surface area contributed by atoms with Crippen LogP contribution in [0.25, 0.3) is 11.1 Å². The van der Waals surface area contributed by atoms with E-state index in [0.29, 0.717) is 41.4 Å². The number of hydrogen-bond donors (Lipinski definition) is 2. The fraction of sp³-hybridized carbons (Fsp3) is 0.500. The van der Waals surface area contributed by atoms with E-state index in [1.54, 1.807) is 23.1 Å². The Morgan fingerprint density at radius 2 is 1.48 bits per heavy atom. The molecular weight excluding hydrogens is 896 g/mol. The number of amides is 1. The normalized spacial score (nSPS) is 21.6. The Labute approximate surface area is 421 Å². The monoisotopic (exact) mass is 973 g/mol. The fourth-order valence-corrected chi connectivity index (χ4v) is 11.2. The van der Waals surface area contributed by atoms with E-state index in [1.807, 2.05) is 42.5 Å². The van der Waals surface area contributed by atoms with Crippen molar-refractivity contribution >= 4 is 11.8 Å². The van der Waals surface area contributed by atoms with E-state index < -0.39 is 23.8 Å². The van der Waals surface area contributed by atoms with Gasteiger partial charge in [-0.15, -0.1) is 6.58 Å². The number of oxime groups is 1. The lowest BCUT2D eigenvalue weighted by Crippen LogP contribution is -2.70. The number of carbonyl (C=O) groups excluding carboxylic acids is 1. The van der Waals surface area contributed by atoms with E-state index in [4.69, 9.17) is 28.9 Å². The van der Waals surface area contributed by atoms with Gasteiger partial charge in [0.25, 0.3) is 0 Å². The maximum Gasteiger partial charge on any atom is 0.410 e. The number of unbranched alkanes of at least 4 members (excludes halogenated alkanes) is 11. The van der Waals surface area contributed by atoms with Gasteiger partial charge >= 0.3 is 6.09 Å². The molecule has 71 heavy (non-hydrogen) atoms. The Hall–Kier alpha value is -5.49. The number of allylic oxidation sites excluding steroid dienone is 1. The maximum atomic E-state index is 14.9. The van der Waals surface area contributed by atoms with Crippen molar-refractivity contribution in [3.05, 3.63) is 138 Å². The molecule has 3 aliphatic rings. The molecule has 1 saturated carbocycles. The minimum absolute atomic E-state index is 0.0279. The first-order valence-corrected chi connectivity index (χ1v) is 26.5. The zero-order valence-electron chi connectivity index (χ0n) is 42.2. The highest BCUT2D eigenvalue weighted by Crippen LogP contribution is 2.62. The van der Waals surface area contributed by atoms with Crippen molar-refractivity contribution in [3.8, 4) is 28.4 Å². The van der Waals surface area contributed by atoms with Gasteiger partial charge in [-0.3, -0.25) is 4.90 Å². The van der Waals surface area contributed by atoms with Crippen LogP contribution in [0, 0.1) is 23.6 Å². The first-order chi connectivity index (χ1) is 34.8. The molecule has 4 aromatic rings. The van der Waals surface area contributed by atoms with Crippen LogP contribution in [0.15, 0.2) is 127 Å². The Morgan fingerprint density at radius 3 is 2.15 bits per heavy atom. The Bertz CT molecular complexity index is 2320. The molecule has 1 amide bonds. The molecule has 6 unspecified atom stereocenters. The van der Waals surface area contributed by atoms with Crippen LogP contribution in [0.3, 0.4) is 0 Å². The summed E-state index contributed by atoms with van der Waals surface area (Å²) in [7, 11) is 1.54. The van der Waals surface area contributed by atoms with Crippen molar-refractivity contribution in [1.29, 1.82) is 0 Å². The lowest BCUT2D eigenvalue weighted by molar-refractivity contribution is -0.256. The van der Waals surface area contributed by atoms with Gasteiger partial charge in [-0.05, 0) is 109 Å². The van der Waals surface area contributed by atoms with Gasteiger partial charge in [0, 0.05) is 37.7 Å². The highest BCUT2D eigenvalue weighted by molar-refractivity contribution is 6.03. The zero-order valence-corrected chi connectivity index (χ0v) is 42.2. The second kappa shape index (κ2) is 27.4. The molecule has 0 bridgehead atoms. The van der Waals surface area contributed by atoms with E-state index in [0.717, 1.165) is 67.2 Å². The van der Waals surface area contributed by atoms with Crippen molar-refractivity contribution in [2.75, 3.05) is 33.5 Å². The smallest absolute Gasteiger partial charge is 0.410 e. The molecule has 0 radical (unpaired) electrons. The molecule has 6 atom stereocenters. The van der Waals surface area contributed by atoms with Crippen molar-refractivity contribution in [3.63, 3.8) is 0 Å². The first-order valence-electron chi connectivity index (χ1n) is 26.5. The van der Waals surface area contributed by atoms with E-state index in [9.17, 15) is 19.4 Å². The SMILES string of the molecule is C=CCOC12Oc3ccc(Oc4ccc(-c5ccccc5)cc4)cc3C3C(CCCCO)C(CCCCO)C=C(C(=NOC)CC1N(Cc1ccc(F)cc1)C(=O)OCCCCCCCCCCCC)C32. The average Bonchev–Trinajstić information content (AvgIpc) is 3.39. The number of aliphatic hydroxyl groups is 2. The highest BCUT2D eigenvalue weighted by atomic mass is 19.1. The minimum Gasteiger partial charge on any atom is -0.459 e. The molecule has 1 fully saturated rings. The van der Waals surface area contributed by atoms with Crippen molar-refractivity contribution in [1.82, 2.24) is 4.90 Å². The fourth-order valence-electron chi connectivity index (χ4n) is 11.2. The molecule has 1 heterocycles. The number of benzene rings is 4. The van der Waals surface area contributed by atoms with Crippen LogP contribution in [-0.2, 0) is 20.9 Å². The first kappa shape index (κ1) is 53.3. The van der Waals surface area contributed by atoms with Crippen LogP contribution in [0.4, 0.5) is 9.18 Å². The van der Waals surface area contributed by atoms with Gasteiger partial charge in [-0.2, -0.15) is 0 Å². The molecule has 0 aromatic heterocycles. The lowest BCUT2D eigenvalue weighted by atomic mass is 9.55. The Morgan fingerprint density at radius 1 is 0.817 bits per heavy atom. The van der Waals surface area contributed by atoms with Crippen molar-refractivity contribution in [2.45, 2.75) is 140 Å². The molecule has 10 nitrogen and oxygen atoms in total. The standard InChI is InChI=1S/C60H77FN2O8/c1-4-6-7-8-9-10-11-12-13-21-39-68-59(66)63(43-44-26-30-48(61)31-27-44)56-42-54(62-67-3)52-40-47(24-17-19-36-64)51(25-18-20-37-65)57-53-41-50(34-35-55(53)71-60(56,58(52)57)69-38-5-2)70-49-32-28-46(29-33-49)45-22-15-14-16-23-45/h5,14-16,22-23,26-35,40-41,47,51,56-58,64-65H,2,4,6-13,17-21,24-25,36-39,42-43H2,1,3H3. The van der Waals surface area contributed by atoms with Crippen molar-refractivity contribution < 1.29 is 43.2 Å². The van der Waals surface area contributed by atoms with Crippen LogP contribution in [0.1, 0.15) is 133 Å². The van der Waals surface area contributed by atoms with Gasteiger partial charge in [0.2, 0.25) is 5.79 Å². The van der Waals surface area contributed by atoms with Gasteiger partial charge < -0.3 is 34.0 Å². The van der Waals surface area contributed by atoms with Crippen LogP contribution in [0.2, 0.25) is 0 Å². The second-order valence-corrected chi connectivity index (χ2v) is 19.5. The second-order valence-electron chi connectivity index (χ2n) is 19.5. The van der Waals surface area contributed by atoms with E-state index >= 15 is 0 Å². The predicted octanol–water partition coefficient (Wildman–Crippen LogP) is 14.1. The van der Waals surface area contributed by atoms with Gasteiger partial charge in [-0.1, -0.05) is 149 Å². The maximum absolute atomic E-state index is 14.9. The van der Waals surface area contributed by atoms with Gasteiger partial charge in [0.05, 0.1) is 24.8 Å². The molecule has 7 rings (SSSR count). The summed E-state index contributed by atoms with van der Waals surface area (Å²) in [6.45, 7) is 6.95. The number of ether oxygens (including phenoxy) is 4. The Kier molecular flexibility index (Phi) is 20.5. The van der Waals surface area contributed by atoms with Crippen LogP contribution < -0.4 is 9.47 Å². The molecule has 4 aromatic carbocycles. The Balaban J connectivity index is 1.29. The summed E-state index contributed by atoms with van der Waals surface area (Å²) in [5.41, 5.74) is 5.48. The lowest BCUT2D eigenvalue weighted by Gasteiger charge is -2.59. The molecule has 0 saturated heterocycles. The molecule has 382 valence electrons. The topological polar surface area (TPSA) is 119 Å². The molecule has 2 N–H and O–H groups in total. The number of fused-ring (bicyclic) bond motifs is 2. The summed E-state index contributed by atoms with van der Waals surface area (Å²) in [5.74, 6) is -0.572. The van der Waals surface area contributed by atoms with E-state index in [-0.39, 0.29) is 63.0 Å². The molecular formula is C60H77FN2O8. The van der Waals surface area contributed by atoms with Gasteiger partial charge in [-0.25, -0.2) is 9.18 Å². The molecule has 0 spiro atoms. The van der Waals surface area contributed by atoms with E-state index in [1.165, 1.54) is 64.2 Å². The molecule has 2 aliphatic carbocycles. The quantitative estimate of drug-likeness (QED) is 0.0314. The number of carbonyl (C=O) groups is 1. The number of nitrogens with zero attached hydrogens (tertiary/aromatic N) is 2. The summed E-state index contributed by atoms with van der Waals surface area (Å²) >= 11 is 0. The molecule has 11 heteroatoms. The highest BCUT2D eigenvalue weighted by Gasteiger charge is 2.65. The predicted molar refractivity (Wildman–Crippen MR) is 279 cm³/mol. The number of hydrogen-bond acceptors (Lipinski definition) is 9. The van der Waals surface area contributed by atoms with Crippen LogP contribution >= 0.6 is 0 Å². The minimum atomic E-state index is -1.48. The third kappa shape index (κ3) is 13.7. The third-order valence-electron chi connectivity index (χ3n) is 14.6. The number of rotatable bonds is 29. The van der Waals surface area contributed by atoms with Crippen LogP contribution in [-0.4, -0.2) is 72.3 Å². The number of halogens is 1. The largest absolute Gasteiger partial charge is 0.459 e. The van der Waals surface area contributed by atoms with E-state index in [2.05, 4.69) is 49.9 Å².